The highest BCUT2D eigenvalue weighted by molar-refractivity contribution is 8.26. The Balaban J connectivity index is 2.50. The fourth-order valence-corrected chi connectivity index (χ4v) is 1.38. The fraction of sp³-hybridized carbons (Fsp3) is 0.667. The molecule has 4 heteroatoms. The zero-order valence-electron chi connectivity index (χ0n) is 5.96. The summed E-state index contributed by atoms with van der Waals surface area (Å²) < 4.78 is 5.04. The SMILES string of the molecule is CCOC1=N[C@@H](C)C(=O)S1. The molecule has 10 heavy (non-hydrogen) atoms. The average molecular weight is 159 g/mol. The van der Waals surface area contributed by atoms with Crippen LogP contribution in [-0.2, 0) is 9.53 Å². The number of carbonyl (C=O) groups excluding carboxylic acids is 1. The van der Waals surface area contributed by atoms with E-state index >= 15 is 0 Å². The molecular formula is C6H9NO2S. The number of hydrogen-bond donors (Lipinski definition) is 0. The van der Waals surface area contributed by atoms with Crippen molar-refractivity contribution in [3.05, 3.63) is 0 Å². The van der Waals surface area contributed by atoms with Crippen molar-refractivity contribution in [1.29, 1.82) is 0 Å². The molecule has 0 aromatic heterocycles. The van der Waals surface area contributed by atoms with E-state index < -0.39 is 0 Å². The van der Waals surface area contributed by atoms with E-state index in [0.29, 0.717) is 11.8 Å². The lowest BCUT2D eigenvalue weighted by Gasteiger charge is -1.95. The maximum Gasteiger partial charge on any atom is 0.254 e. The van der Waals surface area contributed by atoms with Crippen LogP contribution < -0.4 is 0 Å². The zero-order valence-corrected chi connectivity index (χ0v) is 6.77. The van der Waals surface area contributed by atoms with Crippen LogP contribution in [0.2, 0.25) is 0 Å². The summed E-state index contributed by atoms with van der Waals surface area (Å²) in [5.41, 5.74) is 0. The second kappa shape index (κ2) is 3.05. The van der Waals surface area contributed by atoms with E-state index in [9.17, 15) is 4.79 Å². The highest BCUT2D eigenvalue weighted by Crippen LogP contribution is 2.19. The van der Waals surface area contributed by atoms with Crippen LogP contribution in [-0.4, -0.2) is 23.0 Å². The third kappa shape index (κ3) is 1.50. The summed E-state index contributed by atoms with van der Waals surface area (Å²) in [6, 6.07) is -0.216. The Hall–Kier alpha value is -0.510. The Morgan fingerprint density at radius 3 is 2.90 bits per heavy atom. The molecule has 0 aliphatic carbocycles. The van der Waals surface area contributed by atoms with Crippen LogP contribution in [0.5, 0.6) is 0 Å². The average Bonchev–Trinajstić information content (AvgIpc) is 2.14. The highest BCUT2D eigenvalue weighted by atomic mass is 32.2. The minimum Gasteiger partial charge on any atom is -0.473 e. The van der Waals surface area contributed by atoms with Gasteiger partial charge >= 0.3 is 0 Å². The van der Waals surface area contributed by atoms with Gasteiger partial charge in [0.1, 0.15) is 6.04 Å². The van der Waals surface area contributed by atoms with Gasteiger partial charge in [0.25, 0.3) is 5.23 Å². The molecule has 0 spiro atoms. The van der Waals surface area contributed by atoms with Crippen molar-refractivity contribution in [3.8, 4) is 0 Å². The Bertz CT molecular complexity index is 179. The minimum atomic E-state index is -0.216. The maximum absolute atomic E-state index is 10.8. The largest absolute Gasteiger partial charge is 0.473 e. The highest BCUT2D eigenvalue weighted by Gasteiger charge is 2.24. The van der Waals surface area contributed by atoms with E-state index in [-0.39, 0.29) is 11.2 Å². The van der Waals surface area contributed by atoms with Gasteiger partial charge in [-0.05, 0) is 13.8 Å². The summed E-state index contributed by atoms with van der Waals surface area (Å²) in [6.07, 6.45) is 0. The Morgan fingerprint density at radius 2 is 2.50 bits per heavy atom. The van der Waals surface area contributed by atoms with Crippen LogP contribution in [0.15, 0.2) is 4.99 Å². The monoisotopic (exact) mass is 159 g/mol. The molecule has 1 aliphatic rings. The second-order valence-corrected chi connectivity index (χ2v) is 2.88. The van der Waals surface area contributed by atoms with E-state index in [4.69, 9.17) is 4.74 Å². The van der Waals surface area contributed by atoms with Crippen molar-refractivity contribution >= 4 is 22.1 Å². The third-order valence-corrected chi connectivity index (χ3v) is 2.04. The van der Waals surface area contributed by atoms with Gasteiger partial charge in [0.15, 0.2) is 0 Å². The summed E-state index contributed by atoms with van der Waals surface area (Å²) >= 11 is 1.09. The first-order chi connectivity index (χ1) is 4.74. The van der Waals surface area contributed by atoms with E-state index in [2.05, 4.69) is 4.99 Å². The van der Waals surface area contributed by atoms with Crippen molar-refractivity contribution in [2.45, 2.75) is 19.9 Å². The van der Waals surface area contributed by atoms with Crippen LogP contribution in [0, 0.1) is 0 Å². The van der Waals surface area contributed by atoms with Crippen LogP contribution >= 0.6 is 11.8 Å². The van der Waals surface area contributed by atoms with E-state index in [0.717, 1.165) is 11.8 Å². The number of rotatable bonds is 1. The molecule has 1 rings (SSSR count). The third-order valence-electron chi connectivity index (χ3n) is 1.10. The molecule has 1 atom stereocenters. The number of aliphatic imine (C=N–C) groups is 1. The molecule has 0 fully saturated rings. The number of carbonyl (C=O) groups is 1. The van der Waals surface area contributed by atoms with E-state index in [1.165, 1.54) is 0 Å². The van der Waals surface area contributed by atoms with Crippen molar-refractivity contribution < 1.29 is 9.53 Å². The number of ether oxygens (including phenoxy) is 1. The molecule has 0 saturated carbocycles. The number of nitrogens with zero attached hydrogens (tertiary/aromatic N) is 1. The molecule has 0 aromatic rings. The molecule has 0 saturated heterocycles. The van der Waals surface area contributed by atoms with Gasteiger partial charge in [-0.3, -0.25) is 4.79 Å². The van der Waals surface area contributed by atoms with Crippen LogP contribution in [0.4, 0.5) is 0 Å². The summed E-state index contributed by atoms with van der Waals surface area (Å²) in [5.74, 6) is 0. The predicted octanol–water partition coefficient (Wildman–Crippen LogP) is 1.04. The smallest absolute Gasteiger partial charge is 0.254 e. The molecule has 0 amide bonds. The zero-order chi connectivity index (χ0) is 7.56. The molecule has 1 heterocycles. The van der Waals surface area contributed by atoms with Crippen LogP contribution in [0.3, 0.4) is 0 Å². The first kappa shape index (κ1) is 7.60. The van der Waals surface area contributed by atoms with Gasteiger partial charge in [-0.25, -0.2) is 4.99 Å². The van der Waals surface area contributed by atoms with Crippen LogP contribution in [0.1, 0.15) is 13.8 Å². The van der Waals surface area contributed by atoms with Crippen molar-refractivity contribution in [1.82, 2.24) is 0 Å². The standard InChI is InChI=1S/C6H9NO2S/c1-3-9-6-7-4(2)5(8)10-6/h4H,3H2,1-2H3/t4-/m0/s1. The Labute approximate surface area is 63.9 Å². The lowest BCUT2D eigenvalue weighted by atomic mass is 10.4. The van der Waals surface area contributed by atoms with Crippen molar-refractivity contribution in [2.75, 3.05) is 6.61 Å². The maximum atomic E-state index is 10.8. The topological polar surface area (TPSA) is 38.7 Å². The minimum absolute atomic E-state index is 0.0726. The number of thioether (sulfide) groups is 1. The van der Waals surface area contributed by atoms with Gasteiger partial charge in [0.05, 0.1) is 6.61 Å². The number of hydrogen-bond acceptors (Lipinski definition) is 4. The summed E-state index contributed by atoms with van der Waals surface area (Å²) in [4.78, 5) is 14.8. The van der Waals surface area contributed by atoms with Gasteiger partial charge in [-0.2, -0.15) is 0 Å². The Kier molecular flexibility index (Phi) is 2.32. The summed E-state index contributed by atoms with van der Waals surface area (Å²) in [5, 5.41) is 0.587. The molecule has 0 radical (unpaired) electrons. The first-order valence-corrected chi connectivity index (χ1v) is 3.98. The lowest BCUT2D eigenvalue weighted by Crippen LogP contribution is -2.02. The van der Waals surface area contributed by atoms with Gasteiger partial charge < -0.3 is 4.74 Å². The molecule has 0 bridgehead atoms. The first-order valence-electron chi connectivity index (χ1n) is 3.16. The fourth-order valence-electron chi connectivity index (χ4n) is 0.599. The molecule has 0 aromatic carbocycles. The lowest BCUT2D eigenvalue weighted by molar-refractivity contribution is -0.111. The normalized spacial score (nSPS) is 24.8. The molecular weight excluding hydrogens is 150 g/mol. The molecule has 3 nitrogen and oxygen atoms in total. The predicted molar refractivity (Wildman–Crippen MR) is 41.1 cm³/mol. The van der Waals surface area contributed by atoms with Gasteiger partial charge in [0.2, 0.25) is 5.12 Å². The molecule has 56 valence electrons. The van der Waals surface area contributed by atoms with E-state index in [1.54, 1.807) is 6.92 Å². The van der Waals surface area contributed by atoms with Crippen LogP contribution in [0.25, 0.3) is 0 Å². The van der Waals surface area contributed by atoms with Gasteiger partial charge in [-0.1, -0.05) is 0 Å². The molecule has 0 N–H and O–H groups in total. The Morgan fingerprint density at radius 1 is 1.80 bits per heavy atom. The van der Waals surface area contributed by atoms with Crippen molar-refractivity contribution in [2.24, 2.45) is 4.99 Å². The second-order valence-electron chi connectivity index (χ2n) is 1.93. The molecule has 1 aliphatic heterocycles. The van der Waals surface area contributed by atoms with Gasteiger partial charge in [0, 0.05) is 11.8 Å². The van der Waals surface area contributed by atoms with Gasteiger partial charge in [-0.15, -0.1) is 0 Å². The molecule has 0 unspecified atom stereocenters. The summed E-state index contributed by atoms with van der Waals surface area (Å²) in [6.45, 7) is 4.21. The summed E-state index contributed by atoms with van der Waals surface area (Å²) in [7, 11) is 0. The van der Waals surface area contributed by atoms with E-state index in [1.807, 2.05) is 6.92 Å². The quantitative estimate of drug-likeness (QED) is 0.573. The van der Waals surface area contributed by atoms with Crippen molar-refractivity contribution in [3.63, 3.8) is 0 Å².